The van der Waals surface area contributed by atoms with E-state index >= 15 is 0 Å². The van der Waals surface area contributed by atoms with Crippen LogP contribution in [0.2, 0.25) is 0 Å². The van der Waals surface area contributed by atoms with Gasteiger partial charge in [-0.05, 0) is 37.6 Å². The molecule has 0 fully saturated rings. The number of ketones is 2. The van der Waals surface area contributed by atoms with Crippen molar-refractivity contribution in [3.8, 4) is 5.75 Å². The van der Waals surface area contributed by atoms with Crippen LogP contribution in [0.15, 0.2) is 34.8 Å². The zero-order valence-electron chi connectivity index (χ0n) is 19.2. The van der Waals surface area contributed by atoms with Crippen molar-refractivity contribution in [2.45, 2.75) is 43.9 Å². The minimum absolute atomic E-state index is 0.0696. The molecule has 3 aliphatic rings. The maximum absolute atomic E-state index is 13.6. The summed E-state index contributed by atoms with van der Waals surface area (Å²) in [7, 11) is 2.99. The quantitative estimate of drug-likeness (QED) is 0.335. The van der Waals surface area contributed by atoms with Crippen LogP contribution in [0.3, 0.4) is 0 Å². The van der Waals surface area contributed by atoms with E-state index in [0.29, 0.717) is 17.5 Å². The zero-order chi connectivity index (χ0) is 25.4. The van der Waals surface area contributed by atoms with Crippen LogP contribution in [0.5, 0.6) is 5.75 Å². The summed E-state index contributed by atoms with van der Waals surface area (Å²) in [6.07, 6.45) is -1.16. The standard InChI is InChI=1S/C24H28N2O8/c1-5-9-6-7-10-8(2)11-13(18(28)12(10)17(9)27)21(31)24(34)15(19(11)29)16(26(3)4)20(30)14(22(24)32)23(25)33/h6-8,11,15-16,19,27,29-31,34H,5H2,1-4H3,(H2,25,33)/t8-,11+,15+,16-,19-,24-/m0/s1. The zero-order valence-corrected chi connectivity index (χ0v) is 19.2. The van der Waals surface area contributed by atoms with Crippen molar-refractivity contribution in [1.82, 2.24) is 4.90 Å². The van der Waals surface area contributed by atoms with Crippen LogP contribution in [-0.4, -0.2) is 79.7 Å². The highest BCUT2D eigenvalue weighted by Crippen LogP contribution is 2.55. The fraction of sp³-hybridized carbons (Fsp3) is 0.458. The molecule has 3 aliphatic carbocycles. The summed E-state index contributed by atoms with van der Waals surface area (Å²) in [5, 5.41) is 55.9. The Kier molecular flexibility index (Phi) is 5.39. The first-order chi connectivity index (χ1) is 15.8. The number of nitrogens with two attached hydrogens (primary N) is 1. The Hall–Kier alpha value is -3.21. The number of hydrogen-bond donors (Lipinski definition) is 6. The minimum Gasteiger partial charge on any atom is -0.510 e. The molecular weight excluding hydrogens is 444 g/mol. The second kappa shape index (κ2) is 7.66. The molecule has 0 unspecified atom stereocenters. The number of rotatable bonds is 3. The Balaban J connectivity index is 2.05. The number of likely N-dealkylation sites (N-methyl/N-ethyl adjacent to an activating group) is 1. The largest absolute Gasteiger partial charge is 0.510 e. The fourth-order valence-electron chi connectivity index (χ4n) is 5.95. The van der Waals surface area contributed by atoms with Gasteiger partial charge in [0, 0.05) is 11.5 Å². The van der Waals surface area contributed by atoms with Crippen molar-refractivity contribution >= 4 is 17.5 Å². The third-order valence-electron chi connectivity index (χ3n) is 7.60. The van der Waals surface area contributed by atoms with E-state index < -0.39 is 75.6 Å². The van der Waals surface area contributed by atoms with E-state index in [9.17, 15) is 39.9 Å². The molecular formula is C24H28N2O8. The number of primary amides is 1. The Bertz CT molecular complexity index is 1200. The van der Waals surface area contributed by atoms with Crippen LogP contribution in [0.4, 0.5) is 0 Å². The maximum atomic E-state index is 13.6. The van der Waals surface area contributed by atoms with Crippen LogP contribution in [0.1, 0.15) is 41.3 Å². The number of carbonyl (C=O) groups excluding carboxylic acids is 3. The first-order valence-corrected chi connectivity index (χ1v) is 11.0. The van der Waals surface area contributed by atoms with Crippen molar-refractivity contribution < 1.29 is 39.9 Å². The molecule has 0 spiro atoms. The molecule has 0 saturated heterocycles. The van der Waals surface area contributed by atoms with Gasteiger partial charge in [0.2, 0.25) is 5.78 Å². The third-order valence-corrected chi connectivity index (χ3v) is 7.60. The number of aliphatic hydroxyl groups excluding tert-OH is 3. The van der Waals surface area contributed by atoms with Crippen LogP contribution in [0, 0.1) is 11.8 Å². The average molecular weight is 472 g/mol. The SMILES string of the molecule is CCc1ccc2c(c1O)C(=O)C1=C(O)[C@]3(O)C(=O)C(C(N)=O)=C(O)[C@@H](N(C)C)[C@@H]3[C@@H](O)[C@@H]1[C@H]2C. The van der Waals surface area contributed by atoms with Crippen molar-refractivity contribution in [1.29, 1.82) is 0 Å². The third kappa shape index (κ3) is 2.76. The number of amides is 1. The first-order valence-electron chi connectivity index (χ1n) is 11.0. The van der Waals surface area contributed by atoms with Crippen molar-refractivity contribution in [3.05, 3.63) is 51.5 Å². The van der Waals surface area contributed by atoms with Gasteiger partial charge in [0.05, 0.1) is 23.6 Å². The molecule has 34 heavy (non-hydrogen) atoms. The van der Waals surface area contributed by atoms with Crippen LogP contribution in [-0.2, 0) is 16.0 Å². The van der Waals surface area contributed by atoms with E-state index in [4.69, 9.17) is 5.73 Å². The summed E-state index contributed by atoms with van der Waals surface area (Å²) < 4.78 is 0. The number of hydrogen-bond acceptors (Lipinski definition) is 9. The highest BCUT2D eigenvalue weighted by atomic mass is 16.4. The number of fused-ring (bicyclic) bond motifs is 3. The lowest BCUT2D eigenvalue weighted by molar-refractivity contribution is -0.162. The van der Waals surface area contributed by atoms with E-state index in [-0.39, 0.29) is 11.3 Å². The van der Waals surface area contributed by atoms with Crippen LogP contribution >= 0.6 is 0 Å². The summed E-state index contributed by atoms with van der Waals surface area (Å²) in [5.74, 6) is -8.76. The second-order valence-electron chi connectivity index (χ2n) is 9.44. The molecule has 6 atom stereocenters. The smallest absolute Gasteiger partial charge is 0.255 e. The Morgan fingerprint density at radius 3 is 2.32 bits per heavy atom. The molecule has 0 heterocycles. The number of aliphatic hydroxyl groups is 4. The van der Waals surface area contributed by atoms with E-state index in [1.54, 1.807) is 26.0 Å². The molecule has 7 N–H and O–H groups in total. The molecule has 0 aliphatic heterocycles. The normalized spacial score (nSPS) is 33.1. The number of Topliss-reactive ketones (excluding diaryl/α,β-unsaturated/α-hetero) is 2. The summed E-state index contributed by atoms with van der Waals surface area (Å²) in [5.41, 5.74) is 1.95. The molecule has 182 valence electrons. The van der Waals surface area contributed by atoms with Crippen molar-refractivity contribution in [2.75, 3.05) is 14.1 Å². The van der Waals surface area contributed by atoms with Gasteiger partial charge in [-0.25, -0.2) is 0 Å². The van der Waals surface area contributed by atoms with Crippen LogP contribution < -0.4 is 5.73 Å². The molecule has 10 heteroatoms. The molecule has 4 rings (SSSR count). The molecule has 0 aromatic heterocycles. The lowest BCUT2D eigenvalue weighted by atomic mass is 9.55. The van der Waals surface area contributed by atoms with Crippen molar-refractivity contribution in [2.24, 2.45) is 17.6 Å². The maximum Gasteiger partial charge on any atom is 0.255 e. The number of phenolic OH excluding ortho intramolecular Hbond substituents is 1. The number of aryl methyl sites for hydroxylation is 1. The highest BCUT2D eigenvalue weighted by molar-refractivity contribution is 6.25. The van der Waals surface area contributed by atoms with Crippen LogP contribution in [0.25, 0.3) is 0 Å². The highest BCUT2D eigenvalue weighted by Gasteiger charge is 2.67. The first kappa shape index (κ1) is 23.9. The number of carbonyl (C=O) groups is 3. The minimum atomic E-state index is -2.90. The lowest BCUT2D eigenvalue weighted by Crippen LogP contribution is -2.68. The van der Waals surface area contributed by atoms with E-state index in [2.05, 4.69) is 0 Å². The van der Waals surface area contributed by atoms with Gasteiger partial charge >= 0.3 is 0 Å². The van der Waals surface area contributed by atoms with Gasteiger partial charge in [-0.15, -0.1) is 0 Å². The summed E-state index contributed by atoms with van der Waals surface area (Å²) in [6, 6.07) is 2.08. The monoisotopic (exact) mass is 472 g/mol. The van der Waals surface area contributed by atoms with E-state index in [0.717, 1.165) is 0 Å². The lowest BCUT2D eigenvalue weighted by Gasteiger charge is -2.53. The fourth-order valence-corrected chi connectivity index (χ4v) is 5.95. The predicted molar refractivity (Wildman–Crippen MR) is 119 cm³/mol. The molecule has 1 amide bonds. The second-order valence-corrected chi connectivity index (χ2v) is 9.44. The van der Waals surface area contributed by atoms with Gasteiger partial charge in [0.1, 0.15) is 22.8 Å². The van der Waals surface area contributed by atoms with Gasteiger partial charge in [-0.3, -0.25) is 19.3 Å². The van der Waals surface area contributed by atoms with Gasteiger partial charge in [0.25, 0.3) is 5.91 Å². The Labute approximate surface area is 195 Å². The Morgan fingerprint density at radius 1 is 1.18 bits per heavy atom. The number of nitrogens with zero attached hydrogens (tertiary/aromatic N) is 1. The summed E-state index contributed by atoms with van der Waals surface area (Å²) in [4.78, 5) is 40.3. The van der Waals surface area contributed by atoms with Gasteiger partial charge in [0.15, 0.2) is 11.4 Å². The molecule has 1 aromatic rings. The average Bonchev–Trinajstić information content (AvgIpc) is 2.75. The number of phenols is 1. The number of benzene rings is 1. The predicted octanol–water partition coefficient (Wildman–Crippen LogP) is 0.215. The van der Waals surface area contributed by atoms with Gasteiger partial charge in [-0.1, -0.05) is 26.0 Å². The number of aromatic hydroxyl groups is 1. The Morgan fingerprint density at radius 2 is 1.79 bits per heavy atom. The molecule has 0 saturated carbocycles. The summed E-state index contributed by atoms with van der Waals surface area (Å²) >= 11 is 0. The molecule has 1 aromatic carbocycles. The van der Waals surface area contributed by atoms with E-state index in [1.165, 1.54) is 19.0 Å². The van der Waals surface area contributed by atoms with E-state index in [1.807, 2.05) is 0 Å². The van der Waals surface area contributed by atoms with Gasteiger partial charge < -0.3 is 31.3 Å². The summed E-state index contributed by atoms with van der Waals surface area (Å²) in [6.45, 7) is 3.49. The van der Waals surface area contributed by atoms with Gasteiger partial charge in [-0.2, -0.15) is 0 Å². The molecule has 0 bridgehead atoms. The molecule has 0 radical (unpaired) electrons. The topological polar surface area (TPSA) is 182 Å². The molecule has 10 nitrogen and oxygen atoms in total. The van der Waals surface area contributed by atoms with Crippen molar-refractivity contribution in [3.63, 3.8) is 0 Å².